The number of hydrogen-bond donors (Lipinski definition) is 1. The summed E-state index contributed by atoms with van der Waals surface area (Å²) < 4.78 is 30.4. The highest BCUT2D eigenvalue weighted by Crippen LogP contribution is 2.46. The van der Waals surface area contributed by atoms with Crippen molar-refractivity contribution in [3.8, 4) is 11.3 Å². The molecule has 1 unspecified atom stereocenters. The Morgan fingerprint density at radius 1 is 0.900 bits per heavy atom. The lowest BCUT2D eigenvalue weighted by molar-refractivity contribution is -0.129. The van der Waals surface area contributed by atoms with Gasteiger partial charge in [0.05, 0.1) is 18.3 Å². The Hall–Kier alpha value is -4.74. The Morgan fingerprint density at radius 2 is 1.64 bits per heavy atom. The number of aromatic nitrogens is 1. The minimum Gasteiger partial charge on any atom is -0.335 e. The van der Waals surface area contributed by atoms with Crippen molar-refractivity contribution in [3.63, 3.8) is 0 Å². The van der Waals surface area contributed by atoms with E-state index < -0.39 is 16.1 Å². The van der Waals surface area contributed by atoms with Gasteiger partial charge < -0.3 is 14.4 Å². The van der Waals surface area contributed by atoms with Crippen molar-refractivity contribution in [1.29, 1.82) is 0 Å². The predicted octanol–water partition coefficient (Wildman–Crippen LogP) is 5.20. The van der Waals surface area contributed by atoms with Crippen molar-refractivity contribution >= 4 is 44.9 Å². The third kappa shape index (κ3) is 5.52. The third-order valence-corrected chi connectivity index (χ3v) is 12.4. The number of carbonyl (C=O) groups is 3. The number of rotatable bonds is 5. The molecule has 3 amide bonds. The van der Waals surface area contributed by atoms with Crippen LogP contribution in [-0.4, -0.2) is 84.6 Å². The molecule has 3 aliphatic heterocycles. The lowest BCUT2D eigenvalue weighted by Crippen LogP contribution is -2.59. The minimum atomic E-state index is -3.99. The van der Waals surface area contributed by atoms with E-state index in [9.17, 15) is 22.8 Å². The number of benzene rings is 3. The van der Waals surface area contributed by atoms with Crippen LogP contribution in [0, 0.1) is 0 Å². The van der Waals surface area contributed by atoms with Crippen molar-refractivity contribution in [2.75, 3.05) is 33.7 Å². The van der Waals surface area contributed by atoms with Crippen molar-refractivity contribution in [3.05, 3.63) is 100 Å². The summed E-state index contributed by atoms with van der Waals surface area (Å²) in [7, 11) is -1.25. The lowest BCUT2D eigenvalue weighted by atomic mass is 9.81. The van der Waals surface area contributed by atoms with Gasteiger partial charge in [-0.05, 0) is 66.1 Å². The number of piperazine rings is 1. The molecule has 4 heterocycles. The maximum atomic E-state index is 14.6. The van der Waals surface area contributed by atoms with E-state index in [0.717, 1.165) is 68.8 Å². The maximum absolute atomic E-state index is 14.6. The van der Waals surface area contributed by atoms with E-state index >= 15 is 0 Å². The average Bonchev–Trinajstić information content (AvgIpc) is 3.33. The van der Waals surface area contributed by atoms with Crippen molar-refractivity contribution in [1.82, 2.24) is 23.4 Å². The summed E-state index contributed by atoms with van der Waals surface area (Å²) >= 11 is 0. The molecule has 1 saturated carbocycles. The van der Waals surface area contributed by atoms with Gasteiger partial charge >= 0.3 is 10.2 Å². The quantitative estimate of drug-likeness (QED) is 0.310. The summed E-state index contributed by atoms with van der Waals surface area (Å²) in [6.07, 6.45) is 8.33. The Morgan fingerprint density at radius 3 is 2.42 bits per heavy atom. The normalized spacial score (nSPS) is 19.3. The summed E-state index contributed by atoms with van der Waals surface area (Å²) in [6.45, 7) is 1.67. The summed E-state index contributed by atoms with van der Waals surface area (Å²) in [6, 6.07) is 21.2. The number of amides is 3. The SMILES string of the molecule is CN(C)S(=O)(=O)NC(=O)c1ccc2c(C3CCCCC3)c3n(c2c1)CC(C(=O)N1CCN2C(=O)c4ccccc4CC2C1)=Cc1ccccc1-3. The molecule has 4 aliphatic rings. The summed E-state index contributed by atoms with van der Waals surface area (Å²) in [5.41, 5.74) is 7.71. The van der Waals surface area contributed by atoms with Gasteiger partial charge in [0.15, 0.2) is 0 Å². The van der Waals surface area contributed by atoms with Crippen LogP contribution in [0.3, 0.4) is 0 Å². The molecular weight excluding hydrogens is 651 g/mol. The molecule has 1 aromatic heterocycles. The second-order valence-corrected chi connectivity index (χ2v) is 16.0. The molecule has 258 valence electrons. The van der Waals surface area contributed by atoms with Crippen LogP contribution in [0.15, 0.2) is 72.3 Å². The highest BCUT2D eigenvalue weighted by Gasteiger charge is 2.39. The molecule has 3 aromatic carbocycles. The zero-order chi connectivity index (χ0) is 34.7. The molecule has 50 heavy (non-hydrogen) atoms. The standard InChI is InChI=1S/C39H41N5O5S/c1-41(2)50(48,49)40-37(45)28-16-17-33-34(22-28)44-23-29(20-26-12-6-8-14-31(26)36(44)35(33)25-10-4-3-5-11-25)38(46)42-18-19-43-30(24-42)21-27-13-7-9-15-32(27)39(43)47/h6-9,12-17,20,22,25,30H,3-5,10-11,18-19,21,23-24H2,1-2H3,(H,40,45). The van der Waals surface area contributed by atoms with E-state index in [2.05, 4.69) is 21.4 Å². The highest BCUT2D eigenvalue weighted by molar-refractivity contribution is 7.87. The van der Waals surface area contributed by atoms with E-state index in [1.54, 1.807) is 12.1 Å². The van der Waals surface area contributed by atoms with E-state index in [0.29, 0.717) is 44.1 Å². The molecule has 1 N–H and O–H groups in total. The lowest BCUT2D eigenvalue weighted by Gasteiger charge is -2.44. The fourth-order valence-corrected chi connectivity index (χ4v) is 8.95. The van der Waals surface area contributed by atoms with Gasteiger partial charge in [-0.3, -0.25) is 14.4 Å². The second kappa shape index (κ2) is 12.5. The van der Waals surface area contributed by atoms with Crippen LogP contribution in [-0.2, 0) is 28.0 Å². The van der Waals surface area contributed by atoms with Crippen molar-refractivity contribution < 1.29 is 22.8 Å². The van der Waals surface area contributed by atoms with Gasteiger partial charge in [-0.15, -0.1) is 0 Å². The van der Waals surface area contributed by atoms with Crippen molar-refractivity contribution in [2.24, 2.45) is 0 Å². The third-order valence-electron chi connectivity index (χ3n) is 11.0. The van der Waals surface area contributed by atoms with Crippen LogP contribution in [0.2, 0.25) is 0 Å². The zero-order valence-corrected chi connectivity index (χ0v) is 29.2. The van der Waals surface area contributed by atoms with Crippen LogP contribution < -0.4 is 4.72 Å². The largest absolute Gasteiger partial charge is 0.335 e. The van der Waals surface area contributed by atoms with Crippen LogP contribution >= 0.6 is 0 Å². The first-order valence-corrected chi connectivity index (χ1v) is 18.9. The Kier molecular flexibility index (Phi) is 8.14. The fourth-order valence-electron chi connectivity index (χ4n) is 8.42. The molecular formula is C39H41N5O5S. The molecule has 1 aliphatic carbocycles. The number of fused-ring (bicyclic) bond motifs is 7. The average molecular weight is 692 g/mol. The monoisotopic (exact) mass is 691 g/mol. The molecule has 0 spiro atoms. The number of nitrogens with one attached hydrogen (secondary N) is 1. The van der Waals surface area contributed by atoms with Crippen molar-refractivity contribution in [2.45, 2.75) is 57.0 Å². The number of hydrogen-bond acceptors (Lipinski definition) is 5. The topological polar surface area (TPSA) is 112 Å². The van der Waals surface area contributed by atoms with Gasteiger partial charge in [-0.2, -0.15) is 12.7 Å². The first-order valence-electron chi connectivity index (χ1n) is 17.5. The zero-order valence-electron chi connectivity index (χ0n) is 28.4. The maximum Gasteiger partial charge on any atom is 0.303 e. The van der Waals surface area contributed by atoms with Crippen LogP contribution in [0.4, 0.5) is 0 Å². The molecule has 8 rings (SSSR count). The van der Waals surface area contributed by atoms with Crippen LogP contribution in [0.1, 0.15) is 75.4 Å². The van der Waals surface area contributed by atoms with Gasteiger partial charge in [0.2, 0.25) is 0 Å². The molecule has 11 heteroatoms. The van der Waals surface area contributed by atoms with Crippen LogP contribution in [0.5, 0.6) is 0 Å². The molecule has 0 bridgehead atoms. The van der Waals surface area contributed by atoms with Gasteiger partial charge in [-0.1, -0.05) is 67.8 Å². The molecule has 0 radical (unpaired) electrons. The smallest absolute Gasteiger partial charge is 0.303 e. The summed E-state index contributed by atoms with van der Waals surface area (Å²) in [4.78, 5) is 45.0. The number of carbonyl (C=O) groups excluding carboxylic acids is 3. The molecule has 10 nitrogen and oxygen atoms in total. The van der Waals surface area contributed by atoms with Gasteiger partial charge in [0, 0.05) is 66.9 Å². The summed E-state index contributed by atoms with van der Waals surface area (Å²) in [5.74, 6) is -0.423. The van der Waals surface area contributed by atoms with E-state index in [1.165, 1.54) is 26.1 Å². The number of nitrogens with zero attached hydrogens (tertiary/aromatic N) is 4. The van der Waals surface area contributed by atoms with Crippen LogP contribution in [0.25, 0.3) is 28.2 Å². The van der Waals surface area contributed by atoms with E-state index in [-0.39, 0.29) is 23.4 Å². The van der Waals surface area contributed by atoms with E-state index in [1.807, 2.05) is 58.3 Å². The molecule has 2 fully saturated rings. The fraction of sp³-hybridized carbons (Fsp3) is 0.359. The second-order valence-electron chi connectivity index (χ2n) is 14.2. The van der Waals surface area contributed by atoms with Gasteiger partial charge in [0.25, 0.3) is 17.7 Å². The molecule has 1 saturated heterocycles. The minimum absolute atomic E-state index is 0.0310. The predicted molar refractivity (Wildman–Crippen MR) is 193 cm³/mol. The summed E-state index contributed by atoms with van der Waals surface area (Å²) in [5, 5.41) is 1.02. The Balaban J connectivity index is 1.21. The molecule has 1 atom stereocenters. The van der Waals surface area contributed by atoms with Gasteiger partial charge in [0.1, 0.15) is 0 Å². The Labute approximate surface area is 292 Å². The first-order chi connectivity index (χ1) is 24.1. The first kappa shape index (κ1) is 32.5. The highest BCUT2D eigenvalue weighted by atomic mass is 32.2. The Bertz CT molecular complexity index is 2200. The van der Waals surface area contributed by atoms with Gasteiger partial charge in [-0.25, -0.2) is 4.72 Å². The van der Waals surface area contributed by atoms with E-state index in [4.69, 9.17) is 0 Å². The molecule has 4 aromatic rings.